The largest absolute Gasteiger partial charge is 0.382 e. The summed E-state index contributed by atoms with van der Waals surface area (Å²) < 4.78 is 7.39. The molecule has 8 heteroatoms. The third-order valence-electron chi connectivity index (χ3n) is 5.33. The Hall–Kier alpha value is -0.900. The first-order valence-electron chi connectivity index (χ1n) is 10.7. The van der Waals surface area contributed by atoms with Gasteiger partial charge in [0.1, 0.15) is 12.4 Å². The molecule has 0 spiro atoms. The molecular formula is C20H39IN6O. The highest BCUT2D eigenvalue weighted by molar-refractivity contribution is 14.0. The highest BCUT2D eigenvalue weighted by atomic mass is 127. The molecule has 0 aromatic carbocycles. The molecule has 162 valence electrons. The molecule has 1 aromatic rings. The molecule has 0 radical (unpaired) electrons. The number of ether oxygens (including phenoxy) is 1. The van der Waals surface area contributed by atoms with E-state index in [1.54, 1.807) is 0 Å². The van der Waals surface area contributed by atoms with Gasteiger partial charge in [0.15, 0.2) is 11.8 Å². The topological polar surface area (TPSA) is 76.4 Å². The fraction of sp³-hybridized carbons (Fsp3) is 0.850. The molecule has 1 aromatic heterocycles. The SMILES string of the molecule is CCOCCCNC(=NCc1nnc(C)n1C)NCCCC1CCCCC1.I. The van der Waals surface area contributed by atoms with Gasteiger partial charge in [-0.2, -0.15) is 0 Å². The van der Waals surface area contributed by atoms with Gasteiger partial charge in [-0.15, -0.1) is 34.2 Å². The van der Waals surface area contributed by atoms with E-state index in [-0.39, 0.29) is 24.0 Å². The van der Waals surface area contributed by atoms with E-state index < -0.39 is 0 Å². The Bertz CT molecular complexity index is 557. The lowest BCUT2D eigenvalue weighted by Crippen LogP contribution is -2.39. The maximum Gasteiger partial charge on any atom is 0.191 e. The second-order valence-electron chi connectivity index (χ2n) is 7.44. The van der Waals surface area contributed by atoms with E-state index in [1.165, 1.54) is 44.9 Å². The summed E-state index contributed by atoms with van der Waals surface area (Å²) in [6.07, 6.45) is 10.6. The zero-order valence-electron chi connectivity index (χ0n) is 17.9. The van der Waals surface area contributed by atoms with Crippen molar-refractivity contribution in [2.45, 2.75) is 71.8 Å². The van der Waals surface area contributed by atoms with Crippen molar-refractivity contribution in [2.75, 3.05) is 26.3 Å². The summed E-state index contributed by atoms with van der Waals surface area (Å²) in [4.78, 5) is 4.70. The fourth-order valence-corrected chi connectivity index (χ4v) is 3.51. The summed E-state index contributed by atoms with van der Waals surface area (Å²) in [5.41, 5.74) is 0. The molecule has 1 fully saturated rings. The van der Waals surface area contributed by atoms with Crippen LogP contribution in [-0.2, 0) is 18.3 Å². The molecule has 0 bridgehead atoms. The number of guanidine groups is 1. The monoisotopic (exact) mass is 506 g/mol. The van der Waals surface area contributed by atoms with Gasteiger partial charge in [0.05, 0.1) is 0 Å². The average Bonchev–Trinajstić information content (AvgIpc) is 3.01. The predicted molar refractivity (Wildman–Crippen MR) is 125 cm³/mol. The minimum atomic E-state index is 0. The van der Waals surface area contributed by atoms with Crippen LogP contribution in [0.1, 0.15) is 69.9 Å². The van der Waals surface area contributed by atoms with Gasteiger partial charge < -0.3 is 19.9 Å². The van der Waals surface area contributed by atoms with Crippen molar-refractivity contribution < 1.29 is 4.74 Å². The first-order valence-corrected chi connectivity index (χ1v) is 10.7. The number of nitrogens with zero attached hydrogens (tertiary/aromatic N) is 4. The van der Waals surface area contributed by atoms with Crippen LogP contribution in [0.3, 0.4) is 0 Å². The summed E-state index contributed by atoms with van der Waals surface area (Å²) in [5.74, 6) is 3.58. The van der Waals surface area contributed by atoms with Crippen LogP contribution in [0.4, 0.5) is 0 Å². The van der Waals surface area contributed by atoms with Crippen molar-refractivity contribution in [3.8, 4) is 0 Å². The van der Waals surface area contributed by atoms with E-state index in [4.69, 9.17) is 9.73 Å². The van der Waals surface area contributed by atoms with Crippen molar-refractivity contribution in [3.05, 3.63) is 11.6 Å². The number of nitrogens with one attached hydrogen (secondary N) is 2. The quantitative estimate of drug-likeness (QED) is 0.208. The number of rotatable bonds is 11. The Morgan fingerprint density at radius 3 is 2.50 bits per heavy atom. The van der Waals surface area contributed by atoms with Crippen LogP contribution < -0.4 is 10.6 Å². The van der Waals surface area contributed by atoms with E-state index in [9.17, 15) is 0 Å². The number of aryl methyl sites for hydroxylation is 1. The molecule has 2 rings (SSSR count). The first kappa shape index (κ1) is 25.1. The Morgan fingerprint density at radius 2 is 1.86 bits per heavy atom. The average molecular weight is 506 g/mol. The normalized spacial score (nSPS) is 15.3. The van der Waals surface area contributed by atoms with E-state index in [1.807, 2.05) is 25.5 Å². The van der Waals surface area contributed by atoms with Gasteiger partial charge >= 0.3 is 0 Å². The van der Waals surface area contributed by atoms with Crippen molar-refractivity contribution in [1.82, 2.24) is 25.4 Å². The summed E-state index contributed by atoms with van der Waals surface area (Å²) in [6.45, 7) is 7.87. The van der Waals surface area contributed by atoms with E-state index in [2.05, 4.69) is 20.8 Å². The third-order valence-corrected chi connectivity index (χ3v) is 5.33. The van der Waals surface area contributed by atoms with Gasteiger partial charge in [0.25, 0.3) is 0 Å². The summed E-state index contributed by atoms with van der Waals surface area (Å²) in [7, 11) is 1.98. The number of aliphatic imine (C=N–C) groups is 1. The second-order valence-corrected chi connectivity index (χ2v) is 7.44. The maximum atomic E-state index is 5.41. The summed E-state index contributed by atoms with van der Waals surface area (Å²) in [5, 5.41) is 15.2. The van der Waals surface area contributed by atoms with Crippen LogP contribution in [0.25, 0.3) is 0 Å². The zero-order valence-corrected chi connectivity index (χ0v) is 20.2. The predicted octanol–water partition coefficient (Wildman–Crippen LogP) is 3.56. The number of aromatic nitrogens is 3. The van der Waals surface area contributed by atoms with E-state index >= 15 is 0 Å². The highest BCUT2D eigenvalue weighted by Crippen LogP contribution is 2.26. The van der Waals surface area contributed by atoms with Crippen molar-refractivity contribution >= 4 is 29.9 Å². The Balaban J connectivity index is 0.00000392. The second kappa shape index (κ2) is 15.0. The molecule has 1 aliphatic carbocycles. The molecular weight excluding hydrogens is 467 g/mol. The first-order chi connectivity index (χ1) is 13.2. The van der Waals surface area contributed by atoms with Crippen LogP contribution >= 0.6 is 24.0 Å². The highest BCUT2D eigenvalue weighted by Gasteiger charge is 2.12. The van der Waals surface area contributed by atoms with Gasteiger partial charge in [-0.1, -0.05) is 32.1 Å². The lowest BCUT2D eigenvalue weighted by molar-refractivity contribution is 0.145. The van der Waals surface area contributed by atoms with Crippen LogP contribution in [0.2, 0.25) is 0 Å². The molecule has 0 unspecified atom stereocenters. The third kappa shape index (κ3) is 9.54. The molecule has 0 atom stereocenters. The van der Waals surface area contributed by atoms with Crippen molar-refractivity contribution in [1.29, 1.82) is 0 Å². The Kier molecular flexibility index (Phi) is 13.5. The summed E-state index contributed by atoms with van der Waals surface area (Å²) in [6, 6.07) is 0. The molecule has 1 heterocycles. The van der Waals surface area contributed by atoms with Gasteiger partial charge in [0.2, 0.25) is 0 Å². The van der Waals surface area contributed by atoms with Gasteiger partial charge in [-0.05, 0) is 39.0 Å². The van der Waals surface area contributed by atoms with Gasteiger partial charge in [-0.3, -0.25) is 0 Å². The lowest BCUT2D eigenvalue weighted by Gasteiger charge is -2.21. The molecule has 0 amide bonds. The van der Waals surface area contributed by atoms with Crippen molar-refractivity contribution in [2.24, 2.45) is 18.0 Å². The minimum Gasteiger partial charge on any atom is -0.382 e. The zero-order chi connectivity index (χ0) is 19.3. The molecule has 28 heavy (non-hydrogen) atoms. The van der Waals surface area contributed by atoms with E-state index in [0.29, 0.717) is 6.54 Å². The van der Waals surface area contributed by atoms with E-state index in [0.717, 1.165) is 56.3 Å². The summed E-state index contributed by atoms with van der Waals surface area (Å²) >= 11 is 0. The number of hydrogen-bond acceptors (Lipinski definition) is 4. The molecule has 0 aliphatic heterocycles. The van der Waals surface area contributed by atoms with Gasteiger partial charge in [-0.25, -0.2) is 4.99 Å². The van der Waals surface area contributed by atoms with Crippen molar-refractivity contribution in [3.63, 3.8) is 0 Å². The lowest BCUT2D eigenvalue weighted by atomic mass is 9.86. The molecule has 1 aliphatic rings. The molecule has 2 N–H and O–H groups in total. The molecule has 1 saturated carbocycles. The van der Waals surface area contributed by atoms with Crippen LogP contribution in [-0.4, -0.2) is 47.0 Å². The minimum absolute atomic E-state index is 0. The number of halogens is 1. The fourth-order valence-electron chi connectivity index (χ4n) is 3.51. The van der Waals surface area contributed by atoms with Crippen LogP contribution in [0.5, 0.6) is 0 Å². The molecule has 7 nitrogen and oxygen atoms in total. The number of hydrogen-bond donors (Lipinski definition) is 2. The Morgan fingerprint density at radius 1 is 1.14 bits per heavy atom. The smallest absolute Gasteiger partial charge is 0.191 e. The van der Waals surface area contributed by atoms with Crippen LogP contribution in [0.15, 0.2) is 4.99 Å². The van der Waals surface area contributed by atoms with Crippen LogP contribution in [0, 0.1) is 12.8 Å². The Labute approximate surface area is 187 Å². The molecule has 0 saturated heterocycles. The van der Waals surface area contributed by atoms with Gasteiger partial charge in [0, 0.05) is 33.4 Å². The standard InChI is InChI=1S/C20H38N6O.HI/c1-4-27-15-9-14-22-20(23-16-19-25-24-17(2)26(19)3)21-13-8-12-18-10-6-5-7-11-18;/h18H,4-16H2,1-3H3,(H2,21,22,23);1H. The maximum absolute atomic E-state index is 5.41.